The summed E-state index contributed by atoms with van der Waals surface area (Å²) >= 11 is 6.84. The van der Waals surface area contributed by atoms with Crippen LogP contribution in [0.3, 0.4) is 0 Å². The van der Waals surface area contributed by atoms with Gasteiger partial charge in [0.2, 0.25) is 11.8 Å². The van der Waals surface area contributed by atoms with Crippen molar-refractivity contribution in [2.45, 2.75) is 120 Å². The summed E-state index contributed by atoms with van der Waals surface area (Å²) in [5, 5.41) is 6.85. The van der Waals surface area contributed by atoms with Gasteiger partial charge in [0.05, 0.1) is 17.8 Å². The van der Waals surface area contributed by atoms with Gasteiger partial charge < -0.3 is 20.1 Å². The zero-order chi connectivity index (χ0) is 45.4. The number of halogens is 2. The van der Waals surface area contributed by atoms with E-state index < -0.39 is 17.6 Å². The number of aromatic nitrogens is 1. The Kier molecular flexibility index (Phi) is 26.0. The van der Waals surface area contributed by atoms with Gasteiger partial charge >= 0.3 is 0 Å². The molecular weight excluding hydrogens is 781 g/mol. The fraction of sp³-hybridized carbons (Fsp3) is 0.542. The summed E-state index contributed by atoms with van der Waals surface area (Å²) in [6.07, 6.45) is 12.0. The maximum atomic E-state index is 15.3. The van der Waals surface area contributed by atoms with Crippen LogP contribution in [-0.2, 0) is 32.0 Å². The van der Waals surface area contributed by atoms with Gasteiger partial charge in [-0.25, -0.2) is 14.8 Å². The van der Waals surface area contributed by atoms with Gasteiger partial charge in [-0.1, -0.05) is 111 Å². The van der Waals surface area contributed by atoms with E-state index in [1.807, 2.05) is 33.8 Å². The van der Waals surface area contributed by atoms with E-state index in [1.54, 1.807) is 59.5 Å². The van der Waals surface area contributed by atoms with Gasteiger partial charge in [-0.05, 0) is 85.9 Å². The minimum absolute atomic E-state index is 0.0360. The number of amides is 3. The third kappa shape index (κ3) is 15.9. The molecular formula is C48H73ClFN5O5. The summed E-state index contributed by atoms with van der Waals surface area (Å²) in [6, 6.07) is 10.2. The van der Waals surface area contributed by atoms with E-state index in [1.165, 1.54) is 42.8 Å². The van der Waals surface area contributed by atoms with Crippen LogP contribution in [0.25, 0.3) is 22.4 Å². The van der Waals surface area contributed by atoms with Gasteiger partial charge in [0.25, 0.3) is 11.8 Å². The van der Waals surface area contributed by atoms with Crippen molar-refractivity contribution in [1.29, 1.82) is 0 Å². The largest absolute Gasteiger partial charge is 0.481 e. The lowest BCUT2D eigenvalue weighted by Gasteiger charge is -2.23. The van der Waals surface area contributed by atoms with Crippen LogP contribution in [0.15, 0.2) is 48.0 Å². The fourth-order valence-electron chi connectivity index (χ4n) is 6.29. The highest BCUT2D eigenvalue weighted by atomic mass is 35.5. The van der Waals surface area contributed by atoms with Crippen molar-refractivity contribution in [3.63, 3.8) is 0 Å². The average Bonchev–Trinajstić information content (AvgIpc) is 3.75. The Morgan fingerprint density at radius 1 is 1.02 bits per heavy atom. The molecule has 5 rings (SSSR count). The number of rotatable bonds is 13. The zero-order valence-electron chi connectivity index (χ0n) is 38.7. The molecule has 3 aromatic rings. The van der Waals surface area contributed by atoms with Gasteiger partial charge in [0.1, 0.15) is 11.4 Å². The van der Waals surface area contributed by atoms with Crippen molar-refractivity contribution >= 4 is 35.0 Å². The Balaban J connectivity index is 0.000000643. The Hall–Kier alpha value is -4.32. The molecule has 2 heterocycles. The lowest BCUT2D eigenvalue weighted by molar-refractivity contribution is -0.131. The third-order valence-electron chi connectivity index (χ3n) is 10.3. The molecule has 60 heavy (non-hydrogen) atoms. The number of fused-ring (bicyclic) bond motifs is 1. The summed E-state index contributed by atoms with van der Waals surface area (Å²) in [6.45, 7) is 19.9. The fourth-order valence-corrected chi connectivity index (χ4v) is 6.64. The highest BCUT2D eigenvalue weighted by molar-refractivity contribution is 6.36. The molecule has 10 nitrogen and oxygen atoms in total. The van der Waals surface area contributed by atoms with E-state index in [0.29, 0.717) is 40.5 Å². The number of carbonyl (C=O) groups is 3. The number of pyridine rings is 1. The predicted octanol–water partition coefficient (Wildman–Crippen LogP) is 10.9. The normalized spacial score (nSPS) is 13.6. The smallest absolute Gasteiger partial charge is 0.273 e. The highest BCUT2D eigenvalue weighted by Gasteiger charge is 2.26. The van der Waals surface area contributed by atoms with Crippen LogP contribution in [0.5, 0.6) is 5.88 Å². The molecule has 0 radical (unpaired) electrons. The molecule has 2 unspecified atom stereocenters. The number of hydrazine groups is 1. The predicted molar refractivity (Wildman–Crippen MR) is 247 cm³/mol. The molecule has 0 fully saturated rings. The second-order valence-electron chi connectivity index (χ2n) is 14.6. The number of unbranched alkanes of at least 4 members (excludes halogenated alkanes) is 1. The van der Waals surface area contributed by atoms with Crippen molar-refractivity contribution in [3.8, 4) is 28.3 Å². The maximum Gasteiger partial charge on any atom is 0.273 e. The molecule has 0 saturated heterocycles. The quantitative estimate of drug-likeness (QED) is 0.146. The van der Waals surface area contributed by atoms with Crippen molar-refractivity contribution in [2.75, 3.05) is 46.8 Å². The average molecular weight is 855 g/mol. The molecule has 0 saturated carbocycles. The van der Waals surface area contributed by atoms with Crippen LogP contribution in [0, 0.1) is 24.6 Å². The molecule has 2 aliphatic rings. The summed E-state index contributed by atoms with van der Waals surface area (Å²) in [5.74, 6) is 0.360. The number of aryl methyl sites for hydroxylation is 1. The van der Waals surface area contributed by atoms with Crippen molar-refractivity contribution in [1.82, 2.24) is 20.7 Å². The molecule has 334 valence electrons. The van der Waals surface area contributed by atoms with E-state index in [4.69, 9.17) is 21.1 Å². The molecule has 3 amide bonds. The lowest BCUT2D eigenvalue weighted by atomic mass is 9.95. The van der Waals surface area contributed by atoms with Gasteiger partial charge in [0, 0.05) is 62.7 Å². The van der Waals surface area contributed by atoms with Gasteiger partial charge in [0.15, 0.2) is 0 Å². The number of nitrogens with zero attached hydrogens (tertiary/aromatic N) is 2. The first-order valence-electron chi connectivity index (χ1n) is 21.6. The summed E-state index contributed by atoms with van der Waals surface area (Å²) in [7, 11) is 6.52. The van der Waals surface area contributed by atoms with Crippen LogP contribution in [-0.4, -0.2) is 69.2 Å². The maximum absolute atomic E-state index is 15.3. The first-order valence-corrected chi connectivity index (χ1v) is 22.0. The second-order valence-corrected chi connectivity index (χ2v) is 15.0. The monoisotopic (exact) mass is 854 g/mol. The standard InChI is InChI=1S/C28H26ClFN4O3.C8H18.C6H13NO.C4H10O.C2H6/c1-15-17(7-5-9-22(15)32-26(35)20-12-13-31-34(2)28(20)36)24-21(30)11-10-19(25(24)29)23-14-16-6-4-8-18(16)27(33-23)37-3;1-4-6-7-8(3)5-2;1-4-5(2)6(8)7-3;1-3-4-5-2;1-2/h5,7,9-12,14,31H,4,6,8,13H2,1-3H3,(H,32,35);8H,4-7H2,1-3H3;5H,4H2,1-3H3,(H,7,8);3-4H2,1-2H3;1-2H3. The van der Waals surface area contributed by atoms with Gasteiger partial charge in [-0.3, -0.25) is 19.4 Å². The van der Waals surface area contributed by atoms with Crippen molar-refractivity contribution < 1.29 is 28.2 Å². The molecule has 2 atom stereocenters. The Labute approximate surface area is 365 Å². The Bertz CT molecular complexity index is 1830. The van der Waals surface area contributed by atoms with Crippen molar-refractivity contribution in [2.24, 2.45) is 11.8 Å². The van der Waals surface area contributed by atoms with Gasteiger partial charge in [-0.15, -0.1) is 0 Å². The number of hydrogen-bond donors (Lipinski definition) is 3. The van der Waals surface area contributed by atoms with Crippen LogP contribution in [0.1, 0.15) is 117 Å². The van der Waals surface area contributed by atoms with Crippen LogP contribution in [0.2, 0.25) is 5.02 Å². The highest BCUT2D eigenvalue weighted by Crippen LogP contribution is 2.42. The van der Waals surface area contributed by atoms with E-state index in [9.17, 15) is 14.4 Å². The van der Waals surface area contributed by atoms with Crippen molar-refractivity contribution in [3.05, 3.63) is 75.6 Å². The number of likely N-dealkylation sites (N-methyl/N-ethyl adjacent to an activating group) is 1. The number of nitrogens with one attached hydrogen (secondary N) is 3. The zero-order valence-corrected chi connectivity index (χ0v) is 39.4. The minimum Gasteiger partial charge on any atom is -0.481 e. The van der Waals surface area contributed by atoms with Crippen LogP contribution >= 0.6 is 11.6 Å². The van der Waals surface area contributed by atoms with Gasteiger partial charge in [-0.2, -0.15) is 0 Å². The molecule has 12 heteroatoms. The molecule has 0 spiro atoms. The first-order chi connectivity index (χ1) is 28.7. The molecule has 1 aromatic heterocycles. The topological polar surface area (TPSA) is 122 Å². The Morgan fingerprint density at radius 3 is 2.27 bits per heavy atom. The number of ether oxygens (including phenoxy) is 2. The van der Waals surface area contributed by atoms with E-state index in [-0.39, 0.29) is 28.0 Å². The number of carbonyl (C=O) groups excluding carboxylic acids is 3. The molecule has 1 aliphatic heterocycles. The molecule has 0 bridgehead atoms. The lowest BCUT2D eigenvalue weighted by Crippen LogP contribution is -2.46. The summed E-state index contributed by atoms with van der Waals surface area (Å²) in [4.78, 5) is 40.5. The van der Waals surface area contributed by atoms with E-state index in [0.717, 1.165) is 55.8 Å². The third-order valence-corrected chi connectivity index (χ3v) is 10.7. The van der Waals surface area contributed by atoms with E-state index >= 15 is 4.39 Å². The number of methoxy groups -OCH3 is 2. The number of benzene rings is 2. The number of anilines is 1. The summed E-state index contributed by atoms with van der Waals surface area (Å²) in [5.41, 5.74) is 8.16. The minimum atomic E-state index is -0.534. The molecule has 3 N–H and O–H groups in total. The summed E-state index contributed by atoms with van der Waals surface area (Å²) < 4.78 is 25.5. The van der Waals surface area contributed by atoms with Crippen LogP contribution in [0.4, 0.5) is 10.1 Å². The Morgan fingerprint density at radius 2 is 1.72 bits per heavy atom. The van der Waals surface area contributed by atoms with Crippen LogP contribution < -0.4 is 20.8 Å². The molecule has 2 aromatic carbocycles. The SMILES string of the molecule is CC.CCC(C)C(=O)NC.CCCCC(C)CC.CCCOC.COc1nc(-c2ccc(F)c(-c3cccc(NC(=O)C4=CCNN(C)C4=O)c3C)c2Cl)cc2c1CCC2. The second kappa shape index (κ2) is 29.0. The number of hydrogen-bond acceptors (Lipinski definition) is 7. The first kappa shape index (κ1) is 53.7. The molecule has 1 aliphatic carbocycles. The van der Waals surface area contributed by atoms with E-state index in [2.05, 4.69) is 48.7 Å².